The summed E-state index contributed by atoms with van der Waals surface area (Å²) in [6.07, 6.45) is 3.34. The summed E-state index contributed by atoms with van der Waals surface area (Å²) in [4.78, 5) is 30.5. The molecule has 1 aliphatic heterocycles. The molecule has 1 aromatic carbocycles. The highest BCUT2D eigenvalue weighted by Crippen LogP contribution is 2.22. The highest BCUT2D eigenvalue weighted by atomic mass is 16.3. The van der Waals surface area contributed by atoms with Gasteiger partial charge in [0, 0.05) is 44.0 Å². The number of aliphatic hydroxyl groups is 1. The Kier molecular flexibility index (Phi) is 5.44. The maximum atomic E-state index is 12.5. The summed E-state index contributed by atoms with van der Waals surface area (Å²) in [6.45, 7) is 7.86. The number of anilines is 2. The Morgan fingerprint density at radius 1 is 1.07 bits per heavy atom. The third kappa shape index (κ3) is 3.93. The first kappa shape index (κ1) is 19.3. The van der Waals surface area contributed by atoms with Crippen LogP contribution in [0.3, 0.4) is 0 Å². The Bertz CT molecular complexity index is 1060. The largest absolute Gasteiger partial charge is 0.395 e. The highest BCUT2D eigenvalue weighted by Gasteiger charge is 2.20. The topological polar surface area (TPSA) is 87.4 Å². The van der Waals surface area contributed by atoms with Gasteiger partial charge in [0.05, 0.1) is 30.4 Å². The summed E-state index contributed by atoms with van der Waals surface area (Å²) in [6, 6.07) is 7.75. The molecule has 3 heterocycles. The molecular formula is C21H26N6O2. The van der Waals surface area contributed by atoms with Crippen LogP contribution in [0, 0.1) is 0 Å². The molecule has 0 bridgehead atoms. The van der Waals surface area contributed by atoms with Gasteiger partial charge in [-0.05, 0) is 24.3 Å². The number of fused-ring (bicyclic) bond motifs is 1. The van der Waals surface area contributed by atoms with E-state index in [9.17, 15) is 4.79 Å². The van der Waals surface area contributed by atoms with Gasteiger partial charge in [-0.2, -0.15) is 0 Å². The molecule has 8 heteroatoms. The van der Waals surface area contributed by atoms with Crippen LogP contribution >= 0.6 is 0 Å². The molecule has 0 aliphatic carbocycles. The summed E-state index contributed by atoms with van der Waals surface area (Å²) < 4.78 is 1.44. The van der Waals surface area contributed by atoms with Gasteiger partial charge in [-0.15, -0.1) is 0 Å². The molecule has 1 aliphatic rings. The predicted octanol–water partition coefficient (Wildman–Crippen LogP) is 1.63. The third-order valence-electron chi connectivity index (χ3n) is 5.29. The summed E-state index contributed by atoms with van der Waals surface area (Å²) in [5.74, 6) is 2.16. The van der Waals surface area contributed by atoms with Gasteiger partial charge in [-0.1, -0.05) is 13.8 Å². The average molecular weight is 394 g/mol. The smallest absolute Gasteiger partial charge is 0.261 e. The first-order valence-electron chi connectivity index (χ1n) is 9.99. The molecule has 0 saturated carbocycles. The van der Waals surface area contributed by atoms with Crippen LogP contribution in [0.1, 0.15) is 25.6 Å². The molecule has 152 valence electrons. The number of nitrogens with zero attached hydrogens (tertiary/aromatic N) is 6. The fourth-order valence-electron chi connectivity index (χ4n) is 3.62. The van der Waals surface area contributed by atoms with Gasteiger partial charge in [-0.25, -0.2) is 15.0 Å². The Morgan fingerprint density at radius 3 is 2.55 bits per heavy atom. The minimum absolute atomic E-state index is 0.0829. The molecule has 1 fully saturated rings. The van der Waals surface area contributed by atoms with Crippen LogP contribution < -0.4 is 15.4 Å². The zero-order valence-corrected chi connectivity index (χ0v) is 16.8. The molecule has 0 unspecified atom stereocenters. The van der Waals surface area contributed by atoms with Gasteiger partial charge in [0.25, 0.3) is 5.56 Å². The van der Waals surface area contributed by atoms with E-state index in [1.807, 2.05) is 30.5 Å². The van der Waals surface area contributed by atoms with Gasteiger partial charge in [0.1, 0.15) is 11.6 Å². The fourth-order valence-corrected chi connectivity index (χ4v) is 3.62. The van der Waals surface area contributed by atoms with E-state index in [0.717, 1.165) is 43.5 Å². The van der Waals surface area contributed by atoms with Crippen molar-refractivity contribution in [1.29, 1.82) is 0 Å². The second-order valence-corrected chi connectivity index (χ2v) is 7.57. The van der Waals surface area contributed by atoms with E-state index in [0.29, 0.717) is 16.8 Å². The van der Waals surface area contributed by atoms with Crippen molar-refractivity contribution in [2.45, 2.75) is 26.3 Å². The van der Waals surface area contributed by atoms with Crippen LogP contribution in [-0.4, -0.2) is 57.4 Å². The Balaban J connectivity index is 1.50. The standard InChI is InChI=1S/C21H26N6O2/c1-15(2)20-22-6-5-19(24-20)26-9-7-25(8-10-26)16-3-4-17-18(13-16)23-14-27(11-12-28)21(17)29/h3-6,13-15,28H,7-12H2,1-2H3. The van der Waals surface area contributed by atoms with E-state index in [4.69, 9.17) is 10.1 Å². The fraction of sp³-hybridized carbons (Fsp3) is 0.429. The van der Waals surface area contributed by atoms with E-state index >= 15 is 0 Å². The van der Waals surface area contributed by atoms with Gasteiger partial charge in [-0.3, -0.25) is 9.36 Å². The van der Waals surface area contributed by atoms with Crippen LogP contribution in [0.25, 0.3) is 10.9 Å². The van der Waals surface area contributed by atoms with E-state index < -0.39 is 0 Å². The maximum Gasteiger partial charge on any atom is 0.261 e. The molecule has 1 saturated heterocycles. The molecule has 4 rings (SSSR count). The van der Waals surface area contributed by atoms with E-state index in [1.165, 1.54) is 10.9 Å². The average Bonchev–Trinajstić information content (AvgIpc) is 2.76. The zero-order chi connectivity index (χ0) is 20.4. The van der Waals surface area contributed by atoms with E-state index in [-0.39, 0.29) is 18.7 Å². The quantitative estimate of drug-likeness (QED) is 0.704. The second-order valence-electron chi connectivity index (χ2n) is 7.57. The minimum Gasteiger partial charge on any atom is -0.395 e. The van der Waals surface area contributed by atoms with Crippen molar-refractivity contribution in [3.8, 4) is 0 Å². The number of hydrogen-bond donors (Lipinski definition) is 1. The van der Waals surface area contributed by atoms with Crippen molar-refractivity contribution >= 4 is 22.4 Å². The summed E-state index contributed by atoms with van der Waals surface area (Å²) in [7, 11) is 0. The summed E-state index contributed by atoms with van der Waals surface area (Å²) in [5, 5.41) is 9.64. The van der Waals surface area contributed by atoms with Gasteiger partial charge >= 0.3 is 0 Å². The minimum atomic E-state index is -0.120. The van der Waals surface area contributed by atoms with Crippen molar-refractivity contribution in [3.63, 3.8) is 0 Å². The maximum absolute atomic E-state index is 12.5. The lowest BCUT2D eigenvalue weighted by Crippen LogP contribution is -2.47. The van der Waals surface area contributed by atoms with Crippen molar-refractivity contribution in [3.05, 3.63) is 53.0 Å². The Hall–Kier alpha value is -3.00. The number of benzene rings is 1. The normalized spacial score (nSPS) is 14.8. The van der Waals surface area contributed by atoms with Crippen molar-refractivity contribution in [1.82, 2.24) is 19.5 Å². The van der Waals surface area contributed by atoms with Crippen LogP contribution in [-0.2, 0) is 6.54 Å². The van der Waals surface area contributed by atoms with Crippen LogP contribution in [0.5, 0.6) is 0 Å². The highest BCUT2D eigenvalue weighted by molar-refractivity contribution is 5.81. The SMILES string of the molecule is CC(C)c1nccc(N2CCN(c3ccc4c(=O)n(CCO)cnc4c3)CC2)n1. The molecule has 3 aromatic rings. The molecule has 2 aromatic heterocycles. The van der Waals surface area contributed by atoms with Crippen molar-refractivity contribution < 1.29 is 5.11 Å². The molecule has 0 spiro atoms. The lowest BCUT2D eigenvalue weighted by atomic mass is 10.2. The first-order chi connectivity index (χ1) is 14.1. The van der Waals surface area contributed by atoms with Crippen LogP contribution in [0.15, 0.2) is 41.6 Å². The summed E-state index contributed by atoms with van der Waals surface area (Å²) in [5.41, 5.74) is 1.63. The monoisotopic (exact) mass is 394 g/mol. The second kappa shape index (κ2) is 8.16. The van der Waals surface area contributed by atoms with E-state index in [2.05, 4.69) is 33.6 Å². The van der Waals surface area contributed by atoms with Crippen molar-refractivity contribution in [2.24, 2.45) is 0 Å². The van der Waals surface area contributed by atoms with Crippen LogP contribution in [0.4, 0.5) is 11.5 Å². The van der Waals surface area contributed by atoms with Gasteiger partial charge in [0.2, 0.25) is 0 Å². The molecule has 0 amide bonds. The van der Waals surface area contributed by atoms with Crippen LogP contribution in [0.2, 0.25) is 0 Å². The predicted molar refractivity (Wildman–Crippen MR) is 114 cm³/mol. The number of piperazine rings is 1. The molecule has 29 heavy (non-hydrogen) atoms. The lowest BCUT2D eigenvalue weighted by Gasteiger charge is -2.36. The van der Waals surface area contributed by atoms with Gasteiger partial charge < -0.3 is 14.9 Å². The number of aliphatic hydroxyl groups excluding tert-OH is 1. The third-order valence-corrected chi connectivity index (χ3v) is 5.29. The Morgan fingerprint density at radius 2 is 1.83 bits per heavy atom. The molecule has 1 N–H and O–H groups in total. The molecule has 0 radical (unpaired) electrons. The molecule has 0 atom stereocenters. The van der Waals surface area contributed by atoms with E-state index in [1.54, 1.807) is 0 Å². The number of aromatic nitrogens is 4. The number of rotatable bonds is 5. The number of hydrogen-bond acceptors (Lipinski definition) is 7. The summed E-state index contributed by atoms with van der Waals surface area (Å²) >= 11 is 0. The first-order valence-corrected chi connectivity index (χ1v) is 9.99. The lowest BCUT2D eigenvalue weighted by molar-refractivity contribution is 0.274. The Labute approximate surface area is 169 Å². The van der Waals surface area contributed by atoms with Gasteiger partial charge in [0.15, 0.2) is 0 Å². The molecule has 8 nitrogen and oxygen atoms in total. The van der Waals surface area contributed by atoms with Crippen molar-refractivity contribution in [2.75, 3.05) is 42.6 Å². The zero-order valence-electron chi connectivity index (χ0n) is 16.8. The molecular weight excluding hydrogens is 368 g/mol.